The number of nitrogens with zero attached hydrogens (tertiary/aromatic N) is 1. The number of amides is 1. The lowest BCUT2D eigenvalue weighted by Gasteiger charge is -2.03. The number of furan rings is 1. The summed E-state index contributed by atoms with van der Waals surface area (Å²) in [6.45, 7) is 0. The van der Waals surface area contributed by atoms with Gasteiger partial charge in [0.1, 0.15) is 15.8 Å². The van der Waals surface area contributed by atoms with Crippen LogP contribution in [0.1, 0.15) is 5.76 Å². The second-order valence-electron chi connectivity index (χ2n) is 4.57. The van der Waals surface area contributed by atoms with E-state index in [9.17, 15) is 4.79 Å². The monoisotopic (exact) mass is 413 g/mol. The van der Waals surface area contributed by atoms with E-state index in [-0.39, 0.29) is 5.91 Å². The van der Waals surface area contributed by atoms with Crippen LogP contribution in [0.15, 0.2) is 44.1 Å². The molecule has 0 aliphatic carbocycles. The zero-order valence-corrected chi connectivity index (χ0v) is 15.3. The number of halogens is 2. The van der Waals surface area contributed by atoms with Gasteiger partial charge in [-0.05, 0) is 30.3 Å². The lowest BCUT2D eigenvalue weighted by atomic mass is 10.2. The fourth-order valence-corrected chi connectivity index (χ4v) is 3.87. The highest BCUT2D eigenvalue weighted by molar-refractivity contribution is 9.10. The minimum Gasteiger partial charge on any atom is -0.457 e. The molecule has 1 saturated heterocycles. The number of likely N-dealkylation sites (N-methyl/N-ethyl adjacent to an activating group) is 1. The predicted octanol–water partition coefficient (Wildman–Crippen LogP) is 5.19. The van der Waals surface area contributed by atoms with Crippen LogP contribution in [-0.2, 0) is 4.79 Å². The molecule has 1 aliphatic heterocycles. The fraction of sp³-hybridized carbons (Fsp3) is 0.0667. The first-order valence-electron chi connectivity index (χ1n) is 6.22. The third kappa shape index (κ3) is 3.01. The van der Waals surface area contributed by atoms with Gasteiger partial charge < -0.3 is 4.42 Å². The normalized spacial score (nSPS) is 16.9. The molecule has 0 saturated carbocycles. The Hall–Kier alpha value is -1.08. The lowest BCUT2D eigenvalue weighted by Crippen LogP contribution is -2.22. The SMILES string of the molecule is CN1C(=O)C(=Cc2ccc(-c3ccc(Br)cc3Cl)o2)SC1=S. The van der Waals surface area contributed by atoms with Crippen molar-refractivity contribution in [3.05, 3.63) is 50.5 Å². The number of hydrogen-bond donors (Lipinski definition) is 0. The van der Waals surface area contributed by atoms with Crippen molar-refractivity contribution in [3.8, 4) is 11.3 Å². The van der Waals surface area contributed by atoms with Crippen LogP contribution in [0.3, 0.4) is 0 Å². The Morgan fingerprint density at radius 1 is 1.36 bits per heavy atom. The van der Waals surface area contributed by atoms with E-state index in [1.54, 1.807) is 25.3 Å². The Bertz CT molecular complexity index is 816. The number of carbonyl (C=O) groups is 1. The minimum absolute atomic E-state index is 0.116. The number of benzene rings is 1. The van der Waals surface area contributed by atoms with Gasteiger partial charge >= 0.3 is 0 Å². The molecule has 112 valence electrons. The molecule has 0 spiro atoms. The average molecular weight is 415 g/mol. The Labute approximate surface area is 150 Å². The third-order valence-electron chi connectivity index (χ3n) is 3.08. The first-order valence-corrected chi connectivity index (χ1v) is 8.62. The Morgan fingerprint density at radius 2 is 2.14 bits per heavy atom. The predicted molar refractivity (Wildman–Crippen MR) is 97.8 cm³/mol. The summed E-state index contributed by atoms with van der Waals surface area (Å²) >= 11 is 15.9. The van der Waals surface area contributed by atoms with Crippen LogP contribution < -0.4 is 0 Å². The van der Waals surface area contributed by atoms with Gasteiger partial charge in [0.15, 0.2) is 0 Å². The second kappa shape index (κ2) is 6.20. The summed E-state index contributed by atoms with van der Waals surface area (Å²) in [5.41, 5.74) is 0.799. The van der Waals surface area contributed by atoms with Gasteiger partial charge in [0.25, 0.3) is 5.91 Å². The van der Waals surface area contributed by atoms with E-state index < -0.39 is 0 Å². The lowest BCUT2D eigenvalue weighted by molar-refractivity contribution is -0.121. The molecule has 1 amide bonds. The molecular weight excluding hydrogens is 406 g/mol. The Balaban J connectivity index is 1.92. The van der Waals surface area contributed by atoms with Crippen LogP contribution in [0, 0.1) is 0 Å². The van der Waals surface area contributed by atoms with Gasteiger partial charge in [0.05, 0.1) is 9.93 Å². The van der Waals surface area contributed by atoms with Gasteiger partial charge in [-0.25, -0.2) is 0 Å². The molecule has 0 unspecified atom stereocenters. The van der Waals surface area contributed by atoms with Gasteiger partial charge in [-0.2, -0.15) is 0 Å². The molecule has 2 aromatic rings. The van der Waals surface area contributed by atoms with E-state index in [4.69, 9.17) is 28.2 Å². The van der Waals surface area contributed by atoms with Crippen LogP contribution in [0.4, 0.5) is 0 Å². The molecule has 3 nitrogen and oxygen atoms in total. The molecule has 7 heteroatoms. The van der Waals surface area contributed by atoms with E-state index in [2.05, 4.69) is 15.9 Å². The van der Waals surface area contributed by atoms with Gasteiger partial charge in [-0.15, -0.1) is 0 Å². The van der Waals surface area contributed by atoms with E-state index in [0.717, 1.165) is 10.0 Å². The molecule has 0 radical (unpaired) electrons. The van der Waals surface area contributed by atoms with Crippen molar-refractivity contribution in [1.82, 2.24) is 4.90 Å². The summed E-state index contributed by atoms with van der Waals surface area (Å²) in [4.78, 5) is 14.0. The molecule has 2 heterocycles. The van der Waals surface area contributed by atoms with Crippen molar-refractivity contribution >= 4 is 67.8 Å². The zero-order chi connectivity index (χ0) is 15.9. The van der Waals surface area contributed by atoms with E-state index in [0.29, 0.717) is 25.8 Å². The van der Waals surface area contributed by atoms with Crippen molar-refractivity contribution in [3.63, 3.8) is 0 Å². The second-order valence-corrected chi connectivity index (χ2v) is 7.57. The molecular formula is C15H9BrClNO2S2. The van der Waals surface area contributed by atoms with Crippen LogP contribution >= 0.6 is 51.5 Å². The number of hydrogen-bond acceptors (Lipinski definition) is 4. The number of carbonyl (C=O) groups excluding carboxylic acids is 1. The summed E-state index contributed by atoms with van der Waals surface area (Å²) in [7, 11) is 1.66. The molecule has 0 N–H and O–H groups in total. The van der Waals surface area contributed by atoms with Gasteiger partial charge in [-0.3, -0.25) is 9.69 Å². The van der Waals surface area contributed by atoms with E-state index in [1.165, 1.54) is 16.7 Å². The van der Waals surface area contributed by atoms with Crippen molar-refractivity contribution in [2.45, 2.75) is 0 Å². The summed E-state index contributed by atoms with van der Waals surface area (Å²) < 4.78 is 7.21. The van der Waals surface area contributed by atoms with Crippen molar-refractivity contribution in [2.75, 3.05) is 7.05 Å². The summed E-state index contributed by atoms with van der Waals surface area (Å²) in [6.07, 6.45) is 1.69. The highest BCUT2D eigenvalue weighted by atomic mass is 79.9. The largest absolute Gasteiger partial charge is 0.457 e. The Morgan fingerprint density at radius 3 is 2.77 bits per heavy atom. The summed E-state index contributed by atoms with van der Waals surface area (Å²) in [5.74, 6) is 1.12. The molecule has 1 aromatic heterocycles. The highest BCUT2D eigenvalue weighted by Crippen LogP contribution is 2.34. The van der Waals surface area contributed by atoms with Gasteiger partial charge in [0.2, 0.25) is 0 Å². The molecule has 0 bridgehead atoms. The molecule has 22 heavy (non-hydrogen) atoms. The van der Waals surface area contributed by atoms with E-state index >= 15 is 0 Å². The van der Waals surface area contributed by atoms with E-state index in [1.807, 2.05) is 18.2 Å². The number of thiocarbonyl (C=S) groups is 1. The zero-order valence-electron chi connectivity index (χ0n) is 11.3. The maximum absolute atomic E-state index is 12.0. The van der Waals surface area contributed by atoms with Gasteiger partial charge in [0, 0.05) is 23.2 Å². The van der Waals surface area contributed by atoms with Crippen molar-refractivity contribution < 1.29 is 9.21 Å². The smallest absolute Gasteiger partial charge is 0.266 e. The standard InChI is InChI=1S/C15H9BrClNO2S2/c1-18-14(19)13(22-15(18)21)7-9-3-5-12(20-9)10-4-2-8(16)6-11(10)17/h2-7H,1H3. The van der Waals surface area contributed by atoms with Crippen LogP contribution in [0.25, 0.3) is 17.4 Å². The molecule has 1 fully saturated rings. The van der Waals surface area contributed by atoms with Crippen molar-refractivity contribution in [1.29, 1.82) is 0 Å². The molecule has 0 atom stereocenters. The fourth-order valence-electron chi connectivity index (χ4n) is 1.94. The summed E-state index contributed by atoms with van der Waals surface area (Å²) in [5, 5.41) is 0.593. The maximum Gasteiger partial charge on any atom is 0.266 e. The molecule has 1 aliphatic rings. The van der Waals surface area contributed by atoms with Crippen LogP contribution in [-0.4, -0.2) is 22.2 Å². The molecule has 1 aromatic carbocycles. The highest BCUT2D eigenvalue weighted by Gasteiger charge is 2.29. The molecule has 3 rings (SSSR count). The topological polar surface area (TPSA) is 33.5 Å². The average Bonchev–Trinajstić information content (AvgIpc) is 3.01. The quantitative estimate of drug-likeness (QED) is 0.500. The third-order valence-corrected chi connectivity index (χ3v) is 5.37. The first kappa shape index (κ1) is 15.8. The van der Waals surface area contributed by atoms with Crippen LogP contribution in [0.5, 0.6) is 0 Å². The van der Waals surface area contributed by atoms with Gasteiger partial charge in [-0.1, -0.05) is 51.5 Å². The number of thioether (sulfide) groups is 1. The van der Waals surface area contributed by atoms with Crippen LogP contribution in [0.2, 0.25) is 5.02 Å². The Kier molecular flexibility index (Phi) is 4.45. The summed E-state index contributed by atoms with van der Waals surface area (Å²) in [6, 6.07) is 9.21. The van der Waals surface area contributed by atoms with Crippen molar-refractivity contribution in [2.24, 2.45) is 0 Å². The maximum atomic E-state index is 12.0. The first-order chi connectivity index (χ1) is 10.5. The minimum atomic E-state index is -0.116. The number of rotatable bonds is 2.